The van der Waals surface area contributed by atoms with Crippen LogP contribution >= 0.6 is 27.5 Å². The molecule has 0 aliphatic rings. The Morgan fingerprint density at radius 1 is 1.43 bits per heavy atom. The molecule has 0 fully saturated rings. The standard InChI is InChI=1S/C12H7BrClFN3O3/c13-9(7-4-5-16-12(14)17-7)11(19)6-2-1-3-8(10(6)15)18(20)21/h1-5,9H,(H,20,21)/q+1. The Balaban J connectivity index is 2.41. The van der Waals surface area contributed by atoms with E-state index in [1.807, 2.05) is 0 Å². The molecule has 1 atom stereocenters. The number of carbonyl (C=O) groups excluding carboxylic acids is 1. The van der Waals surface area contributed by atoms with Gasteiger partial charge >= 0.3 is 5.69 Å². The van der Waals surface area contributed by atoms with Crippen LogP contribution in [0.15, 0.2) is 30.5 Å². The fourth-order valence-corrected chi connectivity index (χ4v) is 2.27. The summed E-state index contributed by atoms with van der Waals surface area (Å²) in [5, 5.41) is 8.72. The number of hydrogen-bond donors (Lipinski definition) is 1. The van der Waals surface area contributed by atoms with Crippen LogP contribution in [-0.4, -0.2) is 25.9 Å². The molecule has 0 spiro atoms. The lowest BCUT2D eigenvalue weighted by atomic mass is 10.0. The summed E-state index contributed by atoms with van der Waals surface area (Å²) in [5.74, 6) is -1.80. The zero-order valence-electron chi connectivity index (χ0n) is 10.2. The molecular weight excluding hydrogens is 369 g/mol. The second-order valence-corrected chi connectivity index (χ2v) is 5.14. The van der Waals surface area contributed by atoms with Gasteiger partial charge in [-0.1, -0.05) is 22.0 Å². The Kier molecular flexibility index (Phi) is 4.59. The lowest BCUT2D eigenvalue weighted by Gasteiger charge is -2.08. The first-order valence-electron chi connectivity index (χ1n) is 5.53. The third-order valence-corrected chi connectivity index (χ3v) is 3.65. The van der Waals surface area contributed by atoms with Gasteiger partial charge in [-0.3, -0.25) is 4.79 Å². The van der Waals surface area contributed by atoms with Gasteiger partial charge < -0.3 is 0 Å². The van der Waals surface area contributed by atoms with Crippen molar-refractivity contribution < 1.29 is 19.3 Å². The van der Waals surface area contributed by atoms with Crippen LogP contribution in [0.1, 0.15) is 20.9 Å². The SMILES string of the molecule is O=C(c1cccc([N+](=O)O)c1F)C(Br)c1ccnc(Cl)n1. The van der Waals surface area contributed by atoms with Gasteiger partial charge in [0.2, 0.25) is 11.1 Å². The number of carbonyl (C=O) groups is 1. The van der Waals surface area contributed by atoms with Gasteiger partial charge in [0.15, 0.2) is 5.78 Å². The summed E-state index contributed by atoms with van der Waals surface area (Å²) in [5.41, 5.74) is -0.770. The largest absolute Gasteiger partial charge is 0.352 e. The molecule has 1 aromatic carbocycles. The van der Waals surface area contributed by atoms with Crippen molar-refractivity contribution in [3.05, 3.63) is 57.7 Å². The number of rotatable bonds is 4. The number of Topliss-reactive ketones (excluding diaryl/α,β-unsaturated/α-hetero) is 1. The monoisotopic (exact) mass is 374 g/mol. The topological polar surface area (TPSA) is 83.2 Å². The highest BCUT2D eigenvalue weighted by Gasteiger charge is 2.29. The zero-order valence-corrected chi connectivity index (χ0v) is 12.5. The van der Waals surface area contributed by atoms with Crippen molar-refractivity contribution in [3.8, 4) is 0 Å². The molecule has 0 saturated heterocycles. The van der Waals surface area contributed by atoms with Gasteiger partial charge in [0.25, 0.3) is 4.92 Å². The second kappa shape index (κ2) is 6.23. The second-order valence-electron chi connectivity index (χ2n) is 3.89. The van der Waals surface area contributed by atoms with Crippen LogP contribution in [-0.2, 0) is 0 Å². The quantitative estimate of drug-likeness (QED) is 0.383. The van der Waals surface area contributed by atoms with Crippen molar-refractivity contribution in [3.63, 3.8) is 0 Å². The van der Waals surface area contributed by atoms with Crippen molar-refractivity contribution in [2.45, 2.75) is 4.83 Å². The Bertz CT molecular complexity index is 729. The van der Waals surface area contributed by atoms with Crippen LogP contribution in [0.3, 0.4) is 0 Å². The predicted molar refractivity (Wildman–Crippen MR) is 74.5 cm³/mol. The summed E-state index contributed by atoms with van der Waals surface area (Å²) in [6.45, 7) is 0. The van der Waals surface area contributed by atoms with E-state index in [2.05, 4.69) is 25.9 Å². The van der Waals surface area contributed by atoms with Crippen molar-refractivity contribution in [2.24, 2.45) is 0 Å². The van der Waals surface area contributed by atoms with Crippen LogP contribution in [0, 0.1) is 10.7 Å². The van der Waals surface area contributed by atoms with Crippen molar-refractivity contribution >= 4 is 39.0 Å². The molecule has 21 heavy (non-hydrogen) atoms. The van der Waals surface area contributed by atoms with E-state index in [1.54, 1.807) is 0 Å². The van der Waals surface area contributed by atoms with Crippen molar-refractivity contribution in [1.82, 2.24) is 9.97 Å². The average Bonchev–Trinajstić information content (AvgIpc) is 2.45. The Morgan fingerprint density at radius 3 is 2.76 bits per heavy atom. The molecule has 9 heteroatoms. The molecule has 0 amide bonds. The van der Waals surface area contributed by atoms with E-state index in [4.69, 9.17) is 16.8 Å². The number of alkyl halides is 1. The highest BCUT2D eigenvalue weighted by atomic mass is 79.9. The number of benzene rings is 1. The summed E-state index contributed by atoms with van der Waals surface area (Å²) >= 11 is 8.73. The Labute approximate surface area is 131 Å². The van der Waals surface area contributed by atoms with Crippen LogP contribution < -0.4 is 0 Å². The van der Waals surface area contributed by atoms with Gasteiger partial charge in [-0.05, 0) is 23.7 Å². The number of aromatic nitrogens is 2. The fourth-order valence-electron chi connectivity index (χ4n) is 1.62. The van der Waals surface area contributed by atoms with Gasteiger partial charge in [-0.2, -0.15) is 4.39 Å². The summed E-state index contributed by atoms with van der Waals surface area (Å²) in [7, 11) is 0. The number of nitrogens with zero attached hydrogens (tertiary/aromatic N) is 3. The van der Waals surface area contributed by atoms with Gasteiger partial charge in [-0.15, -0.1) is 0 Å². The maximum Gasteiger partial charge on any atom is 0.352 e. The number of halogens is 3. The molecule has 108 valence electrons. The van der Waals surface area contributed by atoms with Gasteiger partial charge in [0, 0.05) is 12.3 Å². The third-order valence-electron chi connectivity index (χ3n) is 2.59. The van der Waals surface area contributed by atoms with E-state index in [9.17, 15) is 14.1 Å². The predicted octanol–water partition coefficient (Wildman–Crippen LogP) is 3.39. The van der Waals surface area contributed by atoms with Crippen molar-refractivity contribution in [2.75, 3.05) is 0 Å². The smallest absolute Gasteiger partial charge is 0.292 e. The molecular formula is C12H7BrClFN3O3+. The number of ketones is 1. The molecule has 2 rings (SSSR count). The van der Waals surface area contributed by atoms with E-state index < -0.39 is 27.0 Å². The minimum absolute atomic E-state index is 0.0555. The highest BCUT2D eigenvalue weighted by Crippen LogP contribution is 2.29. The zero-order chi connectivity index (χ0) is 15.6. The molecule has 0 saturated carbocycles. The van der Waals surface area contributed by atoms with Crippen molar-refractivity contribution in [1.29, 1.82) is 0 Å². The molecule has 0 radical (unpaired) electrons. The molecule has 1 N–H and O–H groups in total. The van der Waals surface area contributed by atoms with Gasteiger partial charge in [0.1, 0.15) is 4.83 Å². The molecule has 2 aromatic rings. The first-order valence-corrected chi connectivity index (χ1v) is 6.82. The van der Waals surface area contributed by atoms with Gasteiger partial charge in [0.05, 0.1) is 16.2 Å². The summed E-state index contributed by atoms with van der Waals surface area (Å²) in [4.78, 5) is 29.0. The average molecular weight is 376 g/mol. The first kappa shape index (κ1) is 15.5. The molecule has 6 nitrogen and oxygen atoms in total. The lowest BCUT2D eigenvalue weighted by molar-refractivity contribution is -0.730. The molecule has 1 heterocycles. The van der Waals surface area contributed by atoms with Crippen LogP contribution in [0.25, 0.3) is 0 Å². The third kappa shape index (κ3) is 3.22. The minimum atomic E-state index is -1.12. The van der Waals surface area contributed by atoms with E-state index in [0.717, 1.165) is 6.07 Å². The highest BCUT2D eigenvalue weighted by molar-refractivity contribution is 9.09. The normalized spacial score (nSPS) is 12.0. The summed E-state index contributed by atoms with van der Waals surface area (Å²) in [6, 6.07) is 4.96. The Morgan fingerprint density at radius 2 is 2.14 bits per heavy atom. The Hall–Kier alpha value is -1.93. The van der Waals surface area contributed by atoms with E-state index in [1.165, 1.54) is 24.4 Å². The van der Waals surface area contributed by atoms with E-state index >= 15 is 0 Å². The minimum Gasteiger partial charge on any atom is -0.292 e. The maximum atomic E-state index is 14.0. The first-order chi connectivity index (χ1) is 9.91. The van der Waals surface area contributed by atoms with Crippen LogP contribution in [0.2, 0.25) is 5.28 Å². The van der Waals surface area contributed by atoms with Gasteiger partial charge in [-0.25, -0.2) is 15.2 Å². The fraction of sp³-hybridized carbons (Fsp3) is 0.0833. The molecule has 0 bridgehead atoms. The molecule has 0 aliphatic heterocycles. The lowest BCUT2D eigenvalue weighted by Crippen LogP contribution is -2.12. The number of hydrogen-bond acceptors (Lipinski definition) is 4. The van der Waals surface area contributed by atoms with Crippen LogP contribution in [0.4, 0.5) is 10.1 Å². The molecule has 1 unspecified atom stereocenters. The summed E-state index contributed by atoms with van der Waals surface area (Å²) < 4.78 is 14.0. The summed E-state index contributed by atoms with van der Waals surface area (Å²) in [6.07, 6.45) is 1.35. The van der Waals surface area contributed by atoms with E-state index in [-0.39, 0.29) is 16.5 Å². The maximum absolute atomic E-state index is 14.0. The van der Waals surface area contributed by atoms with E-state index in [0.29, 0.717) is 0 Å². The van der Waals surface area contributed by atoms with Crippen LogP contribution in [0.5, 0.6) is 0 Å². The molecule has 1 aromatic heterocycles. The molecule has 0 aliphatic carbocycles.